The van der Waals surface area contributed by atoms with E-state index in [-0.39, 0.29) is 5.41 Å². The lowest BCUT2D eigenvalue weighted by molar-refractivity contribution is -0.104. The zero-order valence-electron chi connectivity index (χ0n) is 9.17. The molecule has 2 heterocycles. The molecule has 16 heavy (non-hydrogen) atoms. The molecule has 1 aliphatic heterocycles. The Balaban J connectivity index is 1.65. The Hall–Kier alpha value is 0.0600. The van der Waals surface area contributed by atoms with Crippen molar-refractivity contribution in [3.63, 3.8) is 0 Å². The Bertz CT molecular complexity index is 333. The molecule has 1 aliphatic rings. The van der Waals surface area contributed by atoms with E-state index in [1.807, 2.05) is 0 Å². The van der Waals surface area contributed by atoms with Gasteiger partial charge in [-0.15, -0.1) is 11.3 Å². The van der Waals surface area contributed by atoms with E-state index in [0.29, 0.717) is 6.54 Å². The van der Waals surface area contributed by atoms with E-state index in [1.165, 1.54) is 9.35 Å². The molecule has 0 spiro atoms. The smallest absolute Gasteiger partial charge is 0.0569 e. The summed E-state index contributed by atoms with van der Waals surface area (Å²) in [7, 11) is 0. The minimum absolute atomic E-state index is 0.204. The molecule has 0 unspecified atom stereocenters. The van der Waals surface area contributed by atoms with Crippen molar-refractivity contribution in [2.45, 2.75) is 6.42 Å². The van der Waals surface area contributed by atoms with Crippen LogP contribution in [0.5, 0.6) is 0 Å². The monoisotopic (exact) mass is 304 g/mol. The fourth-order valence-corrected chi connectivity index (χ4v) is 3.19. The van der Waals surface area contributed by atoms with Crippen molar-refractivity contribution in [1.29, 1.82) is 0 Å². The SMILES string of the molecule is NCC1(CNCCc2cc(Br)cs2)COC1. The van der Waals surface area contributed by atoms with Gasteiger partial charge in [0.1, 0.15) is 0 Å². The average Bonchev–Trinajstić information content (AvgIpc) is 2.62. The fraction of sp³-hybridized carbons (Fsp3) is 0.636. The second-order valence-corrected chi connectivity index (χ2v) is 6.27. The molecule has 0 bridgehead atoms. The Kier molecular flexibility index (Phi) is 4.38. The summed E-state index contributed by atoms with van der Waals surface area (Å²) in [5, 5.41) is 5.59. The van der Waals surface area contributed by atoms with Gasteiger partial charge in [0.05, 0.1) is 13.2 Å². The lowest BCUT2D eigenvalue weighted by Gasteiger charge is -2.40. The van der Waals surface area contributed by atoms with Crippen LogP contribution in [0.2, 0.25) is 0 Å². The number of halogens is 1. The van der Waals surface area contributed by atoms with Crippen LogP contribution in [0.1, 0.15) is 4.88 Å². The Labute approximate surface area is 108 Å². The maximum Gasteiger partial charge on any atom is 0.0569 e. The van der Waals surface area contributed by atoms with Gasteiger partial charge in [0.25, 0.3) is 0 Å². The van der Waals surface area contributed by atoms with E-state index < -0.39 is 0 Å². The molecule has 0 aromatic carbocycles. The van der Waals surface area contributed by atoms with Gasteiger partial charge in [-0.2, -0.15) is 0 Å². The third kappa shape index (κ3) is 3.05. The molecule has 1 aromatic rings. The van der Waals surface area contributed by atoms with Crippen LogP contribution < -0.4 is 11.1 Å². The van der Waals surface area contributed by atoms with Crippen molar-refractivity contribution in [3.05, 3.63) is 20.8 Å². The van der Waals surface area contributed by atoms with Crippen LogP contribution in [0.4, 0.5) is 0 Å². The maximum atomic E-state index is 5.74. The summed E-state index contributed by atoms with van der Waals surface area (Å²) in [5.41, 5.74) is 5.95. The number of nitrogens with two attached hydrogens (primary N) is 1. The summed E-state index contributed by atoms with van der Waals surface area (Å²) in [6.45, 7) is 4.30. The summed E-state index contributed by atoms with van der Waals surface area (Å²) in [4.78, 5) is 1.41. The molecule has 1 aromatic heterocycles. The molecule has 2 rings (SSSR count). The highest BCUT2D eigenvalue weighted by atomic mass is 79.9. The largest absolute Gasteiger partial charge is 0.380 e. The summed E-state index contributed by atoms with van der Waals surface area (Å²) in [5.74, 6) is 0. The number of nitrogens with one attached hydrogen (secondary N) is 1. The standard InChI is InChI=1S/C11H17BrN2OS/c12-9-3-10(16-4-9)1-2-14-6-11(5-13)7-15-8-11/h3-4,14H,1-2,5-8,13H2. The van der Waals surface area contributed by atoms with Gasteiger partial charge in [-0.25, -0.2) is 0 Å². The van der Waals surface area contributed by atoms with E-state index >= 15 is 0 Å². The van der Waals surface area contributed by atoms with Gasteiger partial charge in [0.15, 0.2) is 0 Å². The summed E-state index contributed by atoms with van der Waals surface area (Å²) < 4.78 is 6.40. The summed E-state index contributed by atoms with van der Waals surface area (Å²) >= 11 is 5.26. The minimum Gasteiger partial charge on any atom is -0.380 e. The molecule has 0 amide bonds. The average molecular weight is 305 g/mol. The molecular formula is C11H17BrN2OS. The van der Waals surface area contributed by atoms with E-state index in [0.717, 1.165) is 32.7 Å². The summed E-state index contributed by atoms with van der Waals surface area (Å²) in [6, 6.07) is 2.18. The van der Waals surface area contributed by atoms with Gasteiger partial charge in [0.2, 0.25) is 0 Å². The number of hydrogen-bond acceptors (Lipinski definition) is 4. The van der Waals surface area contributed by atoms with Crippen LogP contribution in [0.3, 0.4) is 0 Å². The van der Waals surface area contributed by atoms with Crippen molar-refractivity contribution in [2.24, 2.45) is 11.1 Å². The number of hydrogen-bond donors (Lipinski definition) is 2. The maximum absolute atomic E-state index is 5.74. The van der Waals surface area contributed by atoms with Crippen LogP contribution in [-0.4, -0.2) is 32.8 Å². The van der Waals surface area contributed by atoms with Crippen molar-refractivity contribution in [1.82, 2.24) is 5.32 Å². The van der Waals surface area contributed by atoms with Crippen molar-refractivity contribution in [3.8, 4) is 0 Å². The lowest BCUT2D eigenvalue weighted by atomic mass is 9.86. The molecule has 3 N–H and O–H groups in total. The van der Waals surface area contributed by atoms with E-state index in [9.17, 15) is 0 Å². The fourth-order valence-electron chi connectivity index (χ4n) is 1.73. The molecule has 90 valence electrons. The quantitative estimate of drug-likeness (QED) is 0.785. The molecule has 0 saturated carbocycles. The number of rotatable bonds is 6. The number of thiophene rings is 1. The van der Waals surface area contributed by atoms with E-state index in [1.54, 1.807) is 11.3 Å². The van der Waals surface area contributed by atoms with Crippen LogP contribution >= 0.6 is 27.3 Å². The number of ether oxygens (including phenoxy) is 1. The van der Waals surface area contributed by atoms with Gasteiger partial charge in [0, 0.05) is 33.2 Å². The first-order valence-electron chi connectivity index (χ1n) is 5.46. The zero-order chi connectivity index (χ0) is 11.4. The predicted octanol–water partition coefficient (Wildman–Crippen LogP) is 1.62. The third-order valence-electron chi connectivity index (χ3n) is 2.92. The molecule has 1 fully saturated rings. The highest BCUT2D eigenvalue weighted by molar-refractivity contribution is 9.10. The van der Waals surface area contributed by atoms with E-state index in [4.69, 9.17) is 10.5 Å². The van der Waals surface area contributed by atoms with Crippen LogP contribution in [0.15, 0.2) is 15.9 Å². The highest BCUT2D eigenvalue weighted by Gasteiger charge is 2.36. The van der Waals surface area contributed by atoms with Gasteiger partial charge in [-0.05, 0) is 35.0 Å². The Morgan fingerprint density at radius 1 is 1.56 bits per heavy atom. The molecular weight excluding hydrogens is 288 g/mol. The molecule has 0 aliphatic carbocycles. The van der Waals surface area contributed by atoms with Crippen molar-refractivity contribution in [2.75, 3.05) is 32.8 Å². The third-order valence-corrected chi connectivity index (χ3v) is 4.68. The first-order chi connectivity index (χ1) is 7.74. The molecule has 0 atom stereocenters. The normalized spacial score (nSPS) is 18.4. The first kappa shape index (κ1) is 12.5. The molecule has 1 saturated heterocycles. The minimum atomic E-state index is 0.204. The second-order valence-electron chi connectivity index (χ2n) is 4.35. The Morgan fingerprint density at radius 2 is 2.38 bits per heavy atom. The van der Waals surface area contributed by atoms with Gasteiger partial charge in [-0.1, -0.05) is 0 Å². The van der Waals surface area contributed by atoms with Gasteiger partial charge in [-0.3, -0.25) is 0 Å². The molecule has 3 nitrogen and oxygen atoms in total. The van der Waals surface area contributed by atoms with Gasteiger partial charge < -0.3 is 15.8 Å². The van der Waals surface area contributed by atoms with Gasteiger partial charge >= 0.3 is 0 Å². The topological polar surface area (TPSA) is 47.3 Å². The van der Waals surface area contributed by atoms with E-state index in [2.05, 4.69) is 32.7 Å². The predicted molar refractivity (Wildman–Crippen MR) is 70.9 cm³/mol. The Morgan fingerprint density at radius 3 is 2.88 bits per heavy atom. The van der Waals surface area contributed by atoms with Crippen molar-refractivity contribution < 1.29 is 4.74 Å². The summed E-state index contributed by atoms with van der Waals surface area (Å²) in [6.07, 6.45) is 1.08. The second kappa shape index (κ2) is 5.60. The zero-order valence-corrected chi connectivity index (χ0v) is 11.6. The van der Waals surface area contributed by atoms with Crippen LogP contribution in [0.25, 0.3) is 0 Å². The molecule has 5 heteroatoms. The van der Waals surface area contributed by atoms with Crippen LogP contribution in [0, 0.1) is 5.41 Å². The molecule has 0 radical (unpaired) electrons. The van der Waals surface area contributed by atoms with Crippen LogP contribution in [-0.2, 0) is 11.2 Å². The first-order valence-corrected chi connectivity index (χ1v) is 7.13. The lowest BCUT2D eigenvalue weighted by Crippen LogP contribution is -2.54. The van der Waals surface area contributed by atoms with Crippen molar-refractivity contribution >= 4 is 27.3 Å². The highest BCUT2D eigenvalue weighted by Crippen LogP contribution is 2.25.